The van der Waals surface area contributed by atoms with Crippen LogP contribution in [-0.2, 0) is 0 Å². The molecule has 0 radical (unpaired) electrons. The van der Waals surface area contributed by atoms with Gasteiger partial charge in [0, 0.05) is 19.0 Å². The second-order valence-electron chi connectivity index (χ2n) is 4.49. The summed E-state index contributed by atoms with van der Waals surface area (Å²) < 4.78 is 8.47. The van der Waals surface area contributed by atoms with Crippen molar-refractivity contribution in [3.63, 3.8) is 0 Å². The number of aryl methyl sites for hydroxylation is 1. The van der Waals surface area contributed by atoms with E-state index in [1.807, 2.05) is 37.3 Å². The predicted molar refractivity (Wildman–Crippen MR) is 93.3 cm³/mol. The van der Waals surface area contributed by atoms with Crippen molar-refractivity contribution in [2.45, 2.75) is 13.0 Å². The maximum Gasteiger partial charge on any atom is 0.124 e. The predicted octanol–water partition coefficient (Wildman–Crippen LogP) is 5.34. The SMILES string of the molecule is COc1cc(C)c(Br)cc1C(N)c1ccc(Br)cc1Br. The molecule has 0 saturated heterocycles. The van der Waals surface area contributed by atoms with Crippen LogP contribution in [0.25, 0.3) is 0 Å². The van der Waals surface area contributed by atoms with Crippen molar-refractivity contribution in [2.75, 3.05) is 7.11 Å². The Kier molecular flexibility index (Phi) is 5.29. The summed E-state index contributed by atoms with van der Waals surface area (Å²) >= 11 is 10.6. The summed E-state index contributed by atoms with van der Waals surface area (Å²) in [7, 11) is 1.66. The Labute approximate surface area is 144 Å². The van der Waals surface area contributed by atoms with Crippen molar-refractivity contribution >= 4 is 47.8 Å². The van der Waals surface area contributed by atoms with E-state index < -0.39 is 0 Å². The van der Waals surface area contributed by atoms with Crippen molar-refractivity contribution in [1.82, 2.24) is 0 Å². The number of rotatable bonds is 3. The number of ether oxygens (including phenoxy) is 1. The van der Waals surface area contributed by atoms with Crippen LogP contribution in [0.15, 0.2) is 43.7 Å². The first kappa shape index (κ1) is 16.0. The van der Waals surface area contributed by atoms with E-state index in [1.54, 1.807) is 7.11 Å². The molecule has 2 aromatic carbocycles. The van der Waals surface area contributed by atoms with E-state index in [0.717, 1.165) is 35.9 Å². The number of methoxy groups -OCH3 is 1. The lowest BCUT2D eigenvalue weighted by Crippen LogP contribution is -2.14. The third-order valence-electron chi connectivity index (χ3n) is 3.14. The number of hydrogen-bond donors (Lipinski definition) is 1. The number of nitrogens with two attached hydrogens (primary N) is 1. The van der Waals surface area contributed by atoms with Crippen LogP contribution in [0, 0.1) is 6.92 Å². The van der Waals surface area contributed by atoms with Crippen molar-refractivity contribution in [2.24, 2.45) is 5.73 Å². The summed E-state index contributed by atoms with van der Waals surface area (Å²) in [4.78, 5) is 0. The van der Waals surface area contributed by atoms with E-state index in [2.05, 4.69) is 47.8 Å². The van der Waals surface area contributed by atoms with Crippen LogP contribution < -0.4 is 10.5 Å². The van der Waals surface area contributed by atoms with Crippen molar-refractivity contribution in [1.29, 1.82) is 0 Å². The van der Waals surface area contributed by atoms with Crippen LogP contribution in [0.3, 0.4) is 0 Å². The normalized spacial score (nSPS) is 12.3. The van der Waals surface area contributed by atoms with Gasteiger partial charge < -0.3 is 10.5 Å². The first-order valence-electron chi connectivity index (χ1n) is 5.98. The molecule has 2 aromatic rings. The standard InChI is InChI=1S/C15H14Br3NO/c1-8-5-14(20-2)11(7-12(8)17)15(19)10-4-3-9(16)6-13(10)18/h3-7,15H,19H2,1-2H3. The van der Waals surface area contributed by atoms with Gasteiger partial charge in [-0.15, -0.1) is 0 Å². The fraction of sp³-hybridized carbons (Fsp3) is 0.200. The molecule has 5 heteroatoms. The van der Waals surface area contributed by atoms with Gasteiger partial charge in [0.1, 0.15) is 5.75 Å². The number of benzene rings is 2. The van der Waals surface area contributed by atoms with Crippen molar-refractivity contribution in [3.05, 3.63) is 60.4 Å². The third kappa shape index (κ3) is 3.27. The summed E-state index contributed by atoms with van der Waals surface area (Å²) in [5.41, 5.74) is 9.50. The fourth-order valence-electron chi connectivity index (χ4n) is 2.01. The Morgan fingerprint density at radius 3 is 2.30 bits per heavy atom. The molecule has 1 unspecified atom stereocenters. The molecule has 0 aromatic heterocycles. The molecule has 2 N–H and O–H groups in total. The Bertz CT molecular complexity index is 643. The molecule has 0 heterocycles. The highest BCUT2D eigenvalue weighted by Gasteiger charge is 2.18. The lowest BCUT2D eigenvalue weighted by Gasteiger charge is -2.19. The Morgan fingerprint density at radius 1 is 1.00 bits per heavy atom. The maximum absolute atomic E-state index is 6.42. The molecule has 106 valence electrons. The van der Waals surface area contributed by atoms with Crippen LogP contribution in [0.1, 0.15) is 22.7 Å². The second kappa shape index (κ2) is 6.60. The zero-order valence-corrected chi connectivity index (χ0v) is 15.8. The summed E-state index contributed by atoms with van der Waals surface area (Å²) in [5, 5.41) is 0. The second-order valence-corrected chi connectivity index (χ2v) is 7.11. The van der Waals surface area contributed by atoms with Crippen LogP contribution in [0.4, 0.5) is 0 Å². The zero-order valence-electron chi connectivity index (χ0n) is 11.1. The first-order chi connectivity index (χ1) is 9.43. The van der Waals surface area contributed by atoms with Crippen LogP contribution in [0.2, 0.25) is 0 Å². The van der Waals surface area contributed by atoms with E-state index >= 15 is 0 Å². The molecule has 0 fully saturated rings. The molecule has 0 aliphatic heterocycles. The van der Waals surface area contributed by atoms with Crippen LogP contribution in [0.5, 0.6) is 5.75 Å². The lowest BCUT2D eigenvalue weighted by molar-refractivity contribution is 0.407. The summed E-state index contributed by atoms with van der Waals surface area (Å²) in [6, 6.07) is 9.73. The molecule has 1 atom stereocenters. The van der Waals surface area contributed by atoms with Crippen LogP contribution in [-0.4, -0.2) is 7.11 Å². The van der Waals surface area contributed by atoms with Gasteiger partial charge in [0.2, 0.25) is 0 Å². The van der Waals surface area contributed by atoms with E-state index in [4.69, 9.17) is 10.5 Å². The van der Waals surface area contributed by atoms with E-state index in [-0.39, 0.29) is 6.04 Å². The van der Waals surface area contributed by atoms with Gasteiger partial charge in [0.25, 0.3) is 0 Å². The lowest BCUT2D eigenvalue weighted by atomic mass is 9.97. The van der Waals surface area contributed by atoms with Crippen LogP contribution >= 0.6 is 47.8 Å². The number of hydrogen-bond acceptors (Lipinski definition) is 2. The largest absolute Gasteiger partial charge is 0.496 e. The maximum atomic E-state index is 6.42. The quantitative estimate of drug-likeness (QED) is 0.666. The minimum Gasteiger partial charge on any atom is -0.496 e. The molecular weight excluding hydrogens is 450 g/mol. The summed E-state index contributed by atoms with van der Waals surface area (Å²) in [5.74, 6) is 0.799. The van der Waals surface area contributed by atoms with Gasteiger partial charge in [-0.25, -0.2) is 0 Å². The Morgan fingerprint density at radius 2 is 1.70 bits per heavy atom. The first-order valence-corrected chi connectivity index (χ1v) is 8.36. The molecule has 20 heavy (non-hydrogen) atoms. The minimum atomic E-state index is -0.260. The van der Waals surface area contributed by atoms with Gasteiger partial charge in [0.15, 0.2) is 0 Å². The highest BCUT2D eigenvalue weighted by Crippen LogP contribution is 2.36. The van der Waals surface area contributed by atoms with E-state index in [9.17, 15) is 0 Å². The van der Waals surface area contributed by atoms with Crippen molar-refractivity contribution in [3.8, 4) is 5.75 Å². The molecule has 0 saturated carbocycles. The molecule has 0 bridgehead atoms. The molecule has 0 spiro atoms. The van der Waals surface area contributed by atoms with Gasteiger partial charge in [-0.05, 0) is 42.3 Å². The average molecular weight is 464 g/mol. The average Bonchev–Trinajstić information content (AvgIpc) is 2.40. The summed E-state index contributed by atoms with van der Waals surface area (Å²) in [6.07, 6.45) is 0. The molecule has 0 aliphatic carbocycles. The van der Waals surface area contributed by atoms with E-state index in [0.29, 0.717) is 0 Å². The highest BCUT2D eigenvalue weighted by atomic mass is 79.9. The molecule has 2 rings (SSSR count). The van der Waals surface area contributed by atoms with Gasteiger partial charge in [-0.3, -0.25) is 0 Å². The van der Waals surface area contributed by atoms with Gasteiger partial charge in [-0.2, -0.15) is 0 Å². The number of halogens is 3. The fourth-order valence-corrected chi connectivity index (χ4v) is 3.67. The van der Waals surface area contributed by atoms with Gasteiger partial charge >= 0.3 is 0 Å². The smallest absolute Gasteiger partial charge is 0.124 e. The van der Waals surface area contributed by atoms with Crippen molar-refractivity contribution < 1.29 is 4.74 Å². The molecule has 0 amide bonds. The Hall–Kier alpha value is -0.360. The molecule has 0 aliphatic rings. The van der Waals surface area contributed by atoms with Gasteiger partial charge in [0.05, 0.1) is 13.2 Å². The highest BCUT2D eigenvalue weighted by molar-refractivity contribution is 9.11. The topological polar surface area (TPSA) is 35.2 Å². The minimum absolute atomic E-state index is 0.260. The van der Waals surface area contributed by atoms with E-state index in [1.165, 1.54) is 0 Å². The monoisotopic (exact) mass is 461 g/mol. The third-order valence-corrected chi connectivity index (χ3v) is 5.18. The zero-order chi connectivity index (χ0) is 14.9. The van der Waals surface area contributed by atoms with Gasteiger partial charge in [-0.1, -0.05) is 53.9 Å². The molecule has 2 nitrogen and oxygen atoms in total. The molecular formula is C15H14Br3NO. The summed E-state index contributed by atoms with van der Waals surface area (Å²) in [6.45, 7) is 2.03. The Balaban J connectivity index is 2.52.